The number of anilines is 1. The molecule has 0 bridgehead atoms. The lowest BCUT2D eigenvalue weighted by Crippen LogP contribution is -2.45. The van der Waals surface area contributed by atoms with Crippen molar-refractivity contribution in [2.45, 2.75) is 52.5 Å². The van der Waals surface area contributed by atoms with Gasteiger partial charge in [-0.25, -0.2) is 0 Å². The summed E-state index contributed by atoms with van der Waals surface area (Å²) < 4.78 is 0. The van der Waals surface area contributed by atoms with Gasteiger partial charge in [-0.1, -0.05) is 44.1 Å². The van der Waals surface area contributed by atoms with E-state index in [0.717, 1.165) is 42.5 Å². The van der Waals surface area contributed by atoms with Crippen LogP contribution in [0.4, 0.5) is 5.69 Å². The van der Waals surface area contributed by atoms with Gasteiger partial charge >= 0.3 is 0 Å². The molecule has 1 aliphatic heterocycles. The third-order valence-corrected chi connectivity index (χ3v) is 7.05. The molecule has 1 aromatic carbocycles. The first kappa shape index (κ1) is 25.0. The standard InChI is InChI=1S/C26H37N3O4/c1-16-9-10-17(2)20(15-16)28-25(32)23-19-12-11-18(3)21(24(31)27-4)22(19)26(33)29(23)13-7-5-6-8-14-30/h9-12,15,18-19,21-23,30H,5-8,13-14H2,1-4H3,(H,27,31)(H,28,32)/t18-,19+,21-,22+,23+/m1/s1. The summed E-state index contributed by atoms with van der Waals surface area (Å²) in [4.78, 5) is 41.6. The number of carbonyl (C=O) groups is 3. The summed E-state index contributed by atoms with van der Waals surface area (Å²) in [6, 6.07) is 5.25. The first-order valence-electron chi connectivity index (χ1n) is 12.0. The molecule has 1 saturated heterocycles. The molecule has 7 heteroatoms. The number of nitrogens with zero attached hydrogens (tertiary/aromatic N) is 1. The third-order valence-electron chi connectivity index (χ3n) is 7.05. The quantitative estimate of drug-likeness (QED) is 0.394. The Morgan fingerprint density at radius 2 is 1.79 bits per heavy atom. The Hall–Kier alpha value is -2.67. The summed E-state index contributed by atoms with van der Waals surface area (Å²) in [7, 11) is 1.59. The molecule has 1 aromatic rings. The van der Waals surface area contributed by atoms with Crippen molar-refractivity contribution in [3.05, 3.63) is 41.5 Å². The summed E-state index contributed by atoms with van der Waals surface area (Å²) in [5.41, 5.74) is 2.75. The Labute approximate surface area is 196 Å². The molecule has 180 valence electrons. The smallest absolute Gasteiger partial charge is 0.247 e. The lowest BCUT2D eigenvalue weighted by Gasteiger charge is -2.32. The molecule has 5 atom stereocenters. The van der Waals surface area contributed by atoms with E-state index in [4.69, 9.17) is 5.11 Å². The number of likely N-dealkylation sites (tertiary alicyclic amines) is 1. The van der Waals surface area contributed by atoms with Crippen molar-refractivity contribution < 1.29 is 19.5 Å². The second-order valence-electron chi connectivity index (χ2n) is 9.41. The van der Waals surface area contributed by atoms with Crippen molar-refractivity contribution in [3.63, 3.8) is 0 Å². The molecular formula is C26H37N3O4. The van der Waals surface area contributed by atoms with Crippen molar-refractivity contribution in [2.75, 3.05) is 25.5 Å². The van der Waals surface area contributed by atoms with E-state index >= 15 is 0 Å². The van der Waals surface area contributed by atoms with Crippen LogP contribution in [-0.2, 0) is 14.4 Å². The van der Waals surface area contributed by atoms with Crippen molar-refractivity contribution in [1.82, 2.24) is 10.2 Å². The molecule has 1 aliphatic carbocycles. The molecule has 1 fully saturated rings. The predicted molar refractivity (Wildman–Crippen MR) is 128 cm³/mol. The van der Waals surface area contributed by atoms with Crippen LogP contribution in [0.1, 0.15) is 43.7 Å². The average Bonchev–Trinajstić information content (AvgIpc) is 3.07. The number of aryl methyl sites for hydroxylation is 2. The average molecular weight is 456 g/mol. The fourth-order valence-corrected chi connectivity index (χ4v) is 5.22. The van der Waals surface area contributed by atoms with Crippen molar-refractivity contribution in [3.8, 4) is 0 Å². The van der Waals surface area contributed by atoms with Crippen molar-refractivity contribution >= 4 is 23.4 Å². The van der Waals surface area contributed by atoms with E-state index in [-0.39, 0.29) is 36.2 Å². The Kier molecular flexibility index (Phi) is 8.30. The first-order valence-corrected chi connectivity index (χ1v) is 12.0. The van der Waals surface area contributed by atoms with Crippen LogP contribution in [-0.4, -0.2) is 54.0 Å². The van der Waals surface area contributed by atoms with E-state index in [0.29, 0.717) is 6.54 Å². The SMILES string of the molecule is CNC(=O)[C@H]1[C@H]2C(=O)N(CCCCCCO)[C@H](C(=O)Nc3cc(C)ccc3C)[C@H]2C=C[C@H]1C. The van der Waals surface area contributed by atoms with E-state index in [2.05, 4.69) is 10.6 Å². The first-order chi connectivity index (χ1) is 15.8. The highest BCUT2D eigenvalue weighted by Crippen LogP contribution is 2.44. The molecule has 1 heterocycles. The lowest BCUT2D eigenvalue weighted by molar-refractivity contribution is -0.140. The van der Waals surface area contributed by atoms with Crippen LogP contribution in [0.2, 0.25) is 0 Å². The molecule has 0 radical (unpaired) electrons. The maximum atomic E-state index is 13.6. The van der Waals surface area contributed by atoms with Crippen molar-refractivity contribution in [2.24, 2.45) is 23.7 Å². The summed E-state index contributed by atoms with van der Waals surface area (Å²) in [5.74, 6) is -1.96. The lowest BCUT2D eigenvalue weighted by atomic mass is 9.70. The summed E-state index contributed by atoms with van der Waals surface area (Å²) in [6.45, 7) is 6.49. The monoisotopic (exact) mass is 455 g/mol. The van der Waals surface area contributed by atoms with Gasteiger partial charge in [-0.2, -0.15) is 0 Å². The second-order valence-corrected chi connectivity index (χ2v) is 9.41. The van der Waals surface area contributed by atoms with Gasteiger partial charge in [-0.05, 0) is 49.8 Å². The van der Waals surface area contributed by atoms with Crippen LogP contribution in [0.5, 0.6) is 0 Å². The van der Waals surface area contributed by atoms with Crippen LogP contribution in [0.15, 0.2) is 30.4 Å². The second kappa shape index (κ2) is 11.0. The summed E-state index contributed by atoms with van der Waals surface area (Å²) in [6.07, 6.45) is 7.17. The van der Waals surface area contributed by atoms with Crippen LogP contribution in [0.25, 0.3) is 0 Å². The Morgan fingerprint density at radius 1 is 1.06 bits per heavy atom. The number of carbonyl (C=O) groups excluding carboxylic acids is 3. The molecule has 0 spiro atoms. The fourth-order valence-electron chi connectivity index (χ4n) is 5.22. The molecule has 3 rings (SSSR count). The van der Waals surface area contributed by atoms with E-state index in [1.54, 1.807) is 11.9 Å². The zero-order valence-electron chi connectivity index (χ0n) is 20.1. The van der Waals surface area contributed by atoms with Gasteiger partial charge in [0.2, 0.25) is 17.7 Å². The molecular weight excluding hydrogens is 418 g/mol. The number of aliphatic hydroxyl groups is 1. The van der Waals surface area contributed by atoms with Crippen molar-refractivity contribution in [1.29, 1.82) is 0 Å². The van der Waals surface area contributed by atoms with Crippen LogP contribution < -0.4 is 10.6 Å². The number of amides is 3. The third kappa shape index (κ3) is 5.29. The number of benzene rings is 1. The number of aliphatic hydroxyl groups excluding tert-OH is 1. The van der Waals surface area contributed by atoms with Crippen LogP contribution in [0, 0.1) is 37.5 Å². The highest BCUT2D eigenvalue weighted by molar-refractivity contribution is 6.02. The molecule has 2 aliphatic rings. The summed E-state index contributed by atoms with van der Waals surface area (Å²) in [5, 5.41) is 14.8. The van der Waals surface area contributed by atoms with E-state index in [1.807, 2.05) is 51.1 Å². The van der Waals surface area contributed by atoms with Gasteiger partial charge in [0, 0.05) is 31.8 Å². The summed E-state index contributed by atoms with van der Waals surface area (Å²) >= 11 is 0. The minimum atomic E-state index is -0.656. The molecule has 33 heavy (non-hydrogen) atoms. The van der Waals surface area contributed by atoms with E-state index in [1.165, 1.54) is 0 Å². The van der Waals surface area contributed by atoms with E-state index in [9.17, 15) is 14.4 Å². The zero-order chi connectivity index (χ0) is 24.1. The number of fused-ring (bicyclic) bond motifs is 1. The molecule has 0 saturated carbocycles. The normalized spacial score (nSPS) is 26.3. The molecule has 0 unspecified atom stereocenters. The van der Waals surface area contributed by atoms with Gasteiger partial charge in [0.25, 0.3) is 0 Å². The minimum absolute atomic E-state index is 0.0811. The van der Waals surface area contributed by atoms with Gasteiger partial charge in [0.05, 0.1) is 11.8 Å². The Balaban J connectivity index is 1.89. The highest BCUT2D eigenvalue weighted by Gasteiger charge is 2.56. The molecule has 0 aromatic heterocycles. The number of nitrogens with one attached hydrogen (secondary N) is 2. The highest BCUT2D eigenvalue weighted by atomic mass is 16.3. The minimum Gasteiger partial charge on any atom is -0.396 e. The fraction of sp³-hybridized carbons (Fsp3) is 0.577. The van der Waals surface area contributed by atoms with Gasteiger partial charge in [0.1, 0.15) is 6.04 Å². The zero-order valence-corrected chi connectivity index (χ0v) is 20.1. The predicted octanol–water partition coefficient (Wildman–Crippen LogP) is 2.81. The van der Waals surface area contributed by atoms with Crippen LogP contribution in [0.3, 0.4) is 0 Å². The van der Waals surface area contributed by atoms with E-state index < -0.39 is 17.9 Å². The Morgan fingerprint density at radius 3 is 2.48 bits per heavy atom. The van der Waals surface area contributed by atoms with Gasteiger partial charge in [0.15, 0.2) is 0 Å². The van der Waals surface area contributed by atoms with Crippen LogP contribution >= 0.6 is 0 Å². The number of hydrogen-bond acceptors (Lipinski definition) is 4. The Bertz CT molecular complexity index is 913. The maximum absolute atomic E-state index is 13.6. The van der Waals surface area contributed by atoms with Gasteiger partial charge in [-0.3, -0.25) is 14.4 Å². The number of hydrogen-bond donors (Lipinski definition) is 3. The van der Waals surface area contributed by atoms with Gasteiger partial charge in [-0.15, -0.1) is 0 Å². The maximum Gasteiger partial charge on any atom is 0.247 e. The number of allylic oxidation sites excluding steroid dienone is 1. The van der Waals surface area contributed by atoms with Gasteiger partial charge < -0.3 is 20.6 Å². The molecule has 3 amide bonds. The number of unbranched alkanes of at least 4 members (excludes halogenated alkanes) is 3. The topological polar surface area (TPSA) is 98.7 Å². The number of rotatable bonds is 9. The largest absolute Gasteiger partial charge is 0.396 e. The molecule has 7 nitrogen and oxygen atoms in total. The molecule has 3 N–H and O–H groups in total.